The van der Waals surface area contributed by atoms with Crippen LogP contribution < -0.4 is 0 Å². The average molecular weight is 355 g/mol. The molecular formula is C16H21NO4S2. The fraction of sp³-hybridized carbons (Fsp3) is 0.500. The van der Waals surface area contributed by atoms with E-state index in [2.05, 4.69) is 0 Å². The topological polar surface area (TPSA) is 77.8 Å². The van der Waals surface area contributed by atoms with Gasteiger partial charge in [-0.15, -0.1) is 23.1 Å². The molecule has 0 radical (unpaired) electrons. The number of carboxylic acids is 1. The highest BCUT2D eigenvalue weighted by Gasteiger charge is 2.28. The smallest absolute Gasteiger partial charge is 0.345 e. The summed E-state index contributed by atoms with van der Waals surface area (Å²) in [5, 5.41) is 18.5. The predicted molar refractivity (Wildman–Crippen MR) is 92.2 cm³/mol. The first kappa shape index (κ1) is 18.0. The monoisotopic (exact) mass is 355 g/mol. The number of hydrogen-bond donors (Lipinski definition) is 2. The summed E-state index contributed by atoms with van der Waals surface area (Å²) in [6, 6.07) is 3.47. The molecule has 2 heterocycles. The third-order valence-corrected chi connectivity index (χ3v) is 6.00. The Hall–Kier alpha value is -1.31. The van der Waals surface area contributed by atoms with Gasteiger partial charge in [0.2, 0.25) is 5.91 Å². The van der Waals surface area contributed by atoms with E-state index in [0.717, 1.165) is 16.4 Å². The van der Waals surface area contributed by atoms with E-state index in [0.29, 0.717) is 24.3 Å². The fourth-order valence-corrected chi connectivity index (χ4v) is 4.38. The average Bonchev–Trinajstić information content (AvgIpc) is 3.13. The Balaban J connectivity index is 1.85. The van der Waals surface area contributed by atoms with Gasteiger partial charge >= 0.3 is 5.97 Å². The van der Waals surface area contributed by atoms with Crippen LogP contribution in [0.1, 0.15) is 35.9 Å². The van der Waals surface area contributed by atoms with Crippen LogP contribution in [0.3, 0.4) is 0 Å². The minimum Gasteiger partial charge on any atom is -0.477 e. The lowest BCUT2D eigenvalue weighted by atomic mass is 10.1. The molecule has 2 N–H and O–H groups in total. The SMILES string of the molecule is CC[C@H](O)/C=C/[C@H]1CCC(=O)N1CCSc1ccc(C(=O)O)s1. The number of thioether (sulfide) groups is 1. The van der Waals surface area contributed by atoms with Crippen molar-refractivity contribution in [2.75, 3.05) is 12.3 Å². The molecule has 1 aliphatic rings. The van der Waals surface area contributed by atoms with E-state index in [1.807, 2.05) is 17.9 Å². The molecule has 0 aliphatic carbocycles. The number of carboxylic acid groups (broad SMARTS) is 1. The normalized spacial score (nSPS) is 19.7. The number of likely N-dealkylation sites (tertiary alicyclic amines) is 1. The van der Waals surface area contributed by atoms with Gasteiger partial charge in [0.15, 0.2) is 0 Å². The van der Waals surface area contributed by atoms with Crippen LogP contribution >= 0.6 is 23.1 Å². The molecule has 0 unspecified atom stereocenters. The van der Waals surface area contributed by atoms with E-state index in [1.54, 1.807) is 30.0 Å². The minimum atomic E-state index is -0.906. The van der Waals surface area contributed by atoms with Gasteiger partial charge in [-0.2, -0.15) is 0 Å². The molecular weight excluding hydrogens is 334 g/mol. The second-order valence-corrected chi connectivity index (χ2v) is 7.80. The van der Waals surface area contributed by atoms with Crippen molar-refractivity contribution in [3.05, 3.63) is 29.2 Å². The van der Waals surface area contributed by atoms with E-state index in [-0.39, 0.29) is 11.9 Å². The number of carbonyl (C=O) groups excluding carboxylic acids is 1. The zero-order chi connectivity index (χ0) is 16.8. The number of aliphatic hydroxyl groups excluding tert-OH is 1. The van der Waals surface area contributed by atoms with Gasteiger partial charge in [-0.3, -0.25) is 4.79 Å². The van der Waals surface area contributed by atoms with Gasteiger partial charge in [0.1, 0.15) is 4.88 Å². The molecule has 2 rings (SSSR count). The first-order chi connectivity index (χ1) is 11.0. The van der Waals surface area contributed by atoms with E-state index >= 15 is 0 Å². The maximum Gasteiger partial charge on any atom is 0.345 e. The number of hydrogen-bond acceptors (Lipinski definition) is 5. The number of amides is 1. The van der Waals surface area contributed by atoms with Gasteiger partial charge in [0.25, 0.3) is 0 Å². The standard InChI is InChI=1S/C16H21NO4S2/c1-2-12(18)5-3-11-4-7-14(19)17(11)9-10-22-15-8-6-13(23-15)16(20)21/h3,5-6,8,11-12,18H,2,4,7,9-10H2,1H3,(H,20,21)/b5-3+/t11-,12-/m0/s1. The van der Waals surface area contributed by atoms with Gasteiger partial charge < -0.3 is 15.1 Å². The minimum absolute atomic E-state index is 0.0576. The Bertz CT molecular complexity index is 584. The second kappa shape index (κ2) is 8.52. The van der Waals surface area contributed by atoms with E-state index in [1.165, 1.54) is 11.3 Å². The van der Waals surface area contributed by atoms with Crippen molar-refractivity contribution in [2.45, 2.75) is 42.5 Å². The number of rotatable bonds is 8. The Morgan fingerprint density at radius 3 is 3.00 bits per heavy atom. The van der Waals surface area contributed by atoms with E-state index in [4.69, 9.17) is 5.11 Å². The van der Waals surface area contributed by atoms with Crippen LogP contribution in [-0.2, 0) is 4.79 Å². The van der Waals surface area contributed by atoms with Crippen molar-refractivity contribution in [3.63, 3.8) is 0 Å². The number of nitrogens with zero attached hydrogens (tertiary/aromatic N) is 1. The second-order valence-electron chi connectivity index (χ2n) is 5.33. The lowest BCUT2D eigenvalue weighted by Crippen LogP contribution is -2.33. The molecule has 2 atom stereocenters. The van der Waals surface area contributed by atoms with Crippen molar-refractivity contribution in [2.24, 2.45) is 0 Å². The molecule has 1 fully saturated rings. The first-order valence-corrected chi connectivity index (χ1v) is 9.43. The van der Waals surface area contributed by atoms with E-state index < -0.39 is 12.1 Å². The lowest BCUT2D eigenvalue weighted by Gasteiger charge is -2.22. The van der Waals surface area contributed by atoms with Crippen molar-refractivity contribution in [3.8, 4) is 0 Å². The third kappa shape index (κ3) is 5.09. The van der Waals surface area contributed by atoms with Crippen LogP contribution in [-0.4, -0.2) is 51.4 Å². The zero-order valence-corrected chi connectivity index (χ0v) is 14.6. The molecule has 1 aliphatic heterocycles. The van der Waals surface area contributed by atoms with Crippen molar-refractivity contribution < 1.29 is 19.8 Å². The zero-order valence-electron chi connectivity index (χ0n) is 13.0. The van der Waals surface area contributed by atoms with E-state index in [9.17, 15) is 14.7 Å². The third-order valence-electron chi connectivity index (χ3n) is 3.72. The highest BCUT2D eigenvalue weighted by atomic mass is 32.2. The Kier molecular flexibility index (Phi) is 6.68. The molecule has 126 valence electrons. The largest absolute Gasteiger partial charge is 0.477 e. The molecule has 7 heteroatoms. The van der Waals surface area contributed by atoms with Crippen LogP contribution in [0, 0.1) is 0 Å². The molecule has 0 aromatic carbocycles. The molecule has 23 heavy (non-hydrogen) atoms. The van der Waals surface area contributed by atoms with Crippen LogP contribution in [0.4, 0.5) is 0 Å². The van der Waals surface area contributed by atoms with Crippen molar-refractivity contribution >= 4 is 35.0 Å². The highest BCUT2D eigenvalue weighted by molar-refractivity contribution is 8.01. The predicted octanol–water partition coefficient (Wildman–Crippen LogP) is 2.86. The lowest BCUT2D eigenvalue weighted by molar-refractivity contribution is -0.128. The van der Waals surface area contributed by atoms with Crippen LogP contribution in [0.5, 0.6) is 0 Å². The van der Waals surface area contributed by atoms with Crippen LogP contribution in [0.2, 0.25) is 0 Å². The quantitative estimate of drug-likeness (QED) is 0.554. The van der Waals surface area contributed by atoms with Gasteiger partial charge in [0.05, 0.1) is 16.4 Å². The Morgan fingerprint density at radius 1 is 1.57 bits per heavy atom. The molecule has 1 aromatic rings. The summed E-state index contributed by atoms with van der Waals surface area (Å²) < 4.78 is 0.947. The molecule has 1 aromatic heterocycles. The van der Waals surface area contributed by atoms with Crippen molar-refractivity contribution in [1.82, 2.24) is 4.90 Å². The number of aliphatic hydroxyl groups is 1. The Morgan fingerprint density at radius 2 is 2.35 bits per heavy atom. The molecule has 1 saturated heterocycles. The van der Waals surface area contributed by atoms with Gasteiger partial charge in [-0.05, 0) is 25.0 Å². The maximum atomic E-state index is 12.0. The van der Waals surface area contributed by atoms with Crippen molar-refractivity contribution in [1.29, 1.82) is 0 Å². The van der Waals surface area contributed by atoms with Crippen LogP contribution in [0.25, 0.3) is 0 Å². The van der Waals surface area contributed by atoms with Gasteiger partial charge in [0, 0.05) is 18.7 Å². The number of carbonyl (C=O) groups is 2. The summed E-state index contributed by atoms with van der Waals surface area (Å²) in [6.45, 7) is 2.54. The molecule has 0 saturated carbocycles. The van der Waals surface area contributed by atoms with Crippen LogP contribution in [0.15, 0.2) is 28.5 Å². The summed E-state index contributed by atoms with van der Waals surface area (Å²) in [5.41, 5.74) is 0. The molecule has 0 bridgehead atoms. The molecule has 0 spiro atoms. The molecule has 1 amide bonds. The maximum absolute atomic E-state index is 12.0. The number of aromatic carboxylic acids is 1. The summed E-state index contributed by atoms with van der Waals surface area (Å²) in [4.78, 5) is 25.0. The summed E-state index contributed by atoms with van der Waals surface area (Å²) in [6.07, 6.45) is 5.24. The highest BCUT2D eigenvalue weighted by Crippen LogP contribution is 2.28. The Labute approximate surface area is 144 Å². The molecule has 5 nitrogen and oxygen atoms in total. The number of thiophene rings is 1. The van der Waals surface area contributed by atoms with Gasteiger partial charge in [-0.25, -0.2) is 4.79 Å². The first-order valence-electron chi connectivity index (χ1n) is 7.63. The fourth-order valence-electron chi connectivity index (χ4n) is 2.40. The van der Waals surface area contributed by atoms with Gasteiger partial charge in [-0.1, -0.05) is 19.1 Å². The summed E-state index contributed by atoms with van der Waals surface area (Å²) >= 11 is 2.82. The summed E-state index contributed by atoms with van der Waals surface area (Å²) in [5.74, 6) is -0.0358. The summed E-state index contributed by atoms with van der Waals surface area (Å²) in [7, 11) is 0.